The lowest BCUT2D eigenvalue weighted by molar-refractivity contribution is 0.0732. The number of nitrogens with zero attached hydrogens (tertiary/aromatic N) is 3. The van der Waals surface area contributed by atoms with Crippen LogP contribution in [-0.2, 0) is 6.42 Å². The van der Waals surface area contributed by atoms with Gasteiger partial charge in [0.1, 0.15) is 5.75 Å². The van der Waals surface area contributed by atoms with Gasteiger partial charge in [-0.1, -0.05) is 0 Å². The Morgan fingerprint density at radius 1 is 0.818 bits per heavy atom. The number of carbonyl (C=O) groups is 2. The maximum Gasteiger partial charge on any atom is 0.256 e. The van der Waals surface area contributed by atoms with E-state index >= 15 is 0 Å². The topological polar surface area (TPSA) is 80.7 Å². The number of methoxy groups -OCH3 is 1. The molecule has 4 aliphatic heterocycles. The molecular formula is C36H43N3O5. The Morgan fingerprint density at radius 2 is 1.52 bits per heavy atom. The van der Waals surface area contributed by atoms with E-state index in [0.29, 0.717) is 47.1 Å². The molecule has 2 aromatic carbocycles. The lowest BCUT2D eigenvalue weighted by Crippen LogP contribution is -2.35. The van der Waals surface area contributed by atoms with Crippen LogP contribution in [0.25, 0.3) is 0 Å². The normalized spacial score (nSPS) is 24.9. The molecule has 2 aromatic rings. The zero-order valence-corrected chi connectivity index (χ0v) is 26.0. The van der Waals surface area contributed by atoms with Gasteiger partial charge in [0.25, 0.3) is 11.8 Å². The molecule has 2 saturated carbocycles. The number of rotatable bonds is 9. The summed E-state index contributed by atoms with van der Waals surface area (Å²) in [7, 11) is 1.64. The van der Waals surface area contributed by atoms with Crippen LogP contribution >= 0.6 is 0 Å². The van der Waals surface area contributed by atoms with Crippen LogP contribution in [0.15, 0.2) is 29.3 Å². The van der Waals surface area contributed by atoms with E-state index in [4.69, 9.17) is 19.2 Å². The number of ether oxygens (including phenoxy) is 3. The van der Waals surface area contributed by atoms with Gasteiger partial charge in [-0.2, -0.15) is 0 Å². The summed E-state index contributed by atoms with van der Waals surface area (Å²) in [6, 6.07) is 8.30. The maximum atomic E-state index is 13.5. The first-order valence-electron chi connectivity index (χ1n) is 16.6. The average molecular weight is 598 g/mol. The zero-order valence-electron chi connectivity index (χ0n) is 26.0. The fraction of sp³-hybridized carbons (Fsp3) is 0.583. The second-order valence-electron chi connectivity index (χ2n) is 14.4. The van der Waals surface area contributed by atoms with E-state index < -0.39 is 0 Å². The monoisotopic (exact) mass is 597 g/mol. The molecule has 8 rings (SSSR count). The Bertz CT molecular complexity index is 1540. The number of aliphatic imine (C=N–C) groups is 1. The highest BCUT2D eigenvalue weighted by atomic mass is 16.5. The summed E-state index contributed by atoms with van der Waals surface area (Å²) in [5.74, 6) is 2.41. The highest BCUT2D eigenvalue weighted by molar-refractivity contribution is 6.03. The zero-order chi connectivity index (χ0) is 30.1. The van der Waals surface area contributed by atoms with Crippen LogP contribution in [0.2, 0.25) is 0 Å². The highest BCUT2D eigenvalue weighted by Crippen LogP contribution is 2.57. The molecule has 6 aliphatic rings. The van der Waals surface area contributed by atoms with E-state index in [1.54, 1.807) is 7.11 Å². The third-order valence-corrected chi connectivity index (χ3v) is 11.2. The van der Waals surface area contributed by atoms with E-state index in [1.807, 2.05) is 42.3 Å². The highest BCUT2D eigenvalue weighted by Gasteiger charge is 2.54. The molecule has 2 atom stereocenters. The van der Waals surface area contributed by atoms with Crippen LogP contribution in [0.4, 0.5) is 5.69 Å². The number of carbonyl (C=O) groups excluding carboxylic acids is 2. The molecule has 0 radical (unpaired) electrons. The van der Waals surface area contributed by atoms with Crippen LogP contribution in [0, 0.1) is 17.8 Å². The van der Waals surface area contributed by atoms with Crippen molar-refractivity contribution in [3.8, 4) is 17.2 Å². The van der Waals surface area contributed by atoms with Gasteiger partial charge in [0.05, 0.1) is 37.6 Å². The molecule has 232 valence electrons. The predicted octanol–water partition coefficient (Wildman–Crippen LogP) is 6.28. The Kier molecular flexibility index (Phi) is 6.69. The number of hydrogen-bond acceptors (Lipinski definition) is 6. The van der Waals surface area contributed by atoms with Crippen molar-refractivity contribution in [2.75, 3.05) is 33.4 Å². The summed E-state index contributed by atoms with van der Waals surface area (Å²) < 4.78 is 18.0. The SMILES string of the molecule is COc1cc2c(cc1OCCCCCOc1cc3c(cc1C)C(=O)N1CC4(CC4)C[C@H]1C=N3)CC[C@@H]1CC3(CC3)CN1C2=O. The fourth-order valence-electron chi connectivity index (χ4n) is 8.13. The Hall–Kier alpha value is -3.55. The summed E-state index contributed by atoms with van der Waals surface area (Å²) in [5, 5.41) is 0. The lowest BCUT2D eigenvalue weighted by Gasteiger charge is -2.22. The molecule has 2 spiro atoms. The second kappa shape index (κ2) is 10.5. The van der Waals surface area contributed by atoms with Gasteiger partial charge in [0.2, 0.25) is 0 Å². The van der Waals surface area contributed by atoms with Crippen molar-refractivity contribution in [1.82, 2.24) is 9.80 Å². The van der Waals surface area contributed by atoms with Gasteiger partial charge in [-0.15, -0.1) is 0 Å². The van der Waals surface area contributed by atoms with Crippen LogP contribution in [0.1, 0.15) is 96.1 Å². The van der Waals surface area contributed by atoms with Gasteiger partial charge in [0.15, 0.2) is 11.5 Å². The number of hydrogen-bond donors (Lipinski definition) is 0. The quantitative estimate of drug-likeness (QED) is 0.318. The molecule has 2 aliphatic carbocycles. The van der Waals surface area contributed by atoms with Crippen molar-refractivity contribution in [2.45, 2.75) is 89.6 Å². The molecule has 0 N–H and O–H groups in total. The van der Waals surface area contributed by atoms with Crippen LogP contribution in [-0.4, -0.2) is 73.3 Å². The molecule has 2 saturated heterocycles. The van der Waals surface area contributed by atoms with Gasteiger partial charge in [0, 0.05) is 37.0 Å². The molecule has 8 heteroatoms. The standard InChI is InChI=1S/C36H43N3O5/c1-23-14-28-29(37-20-26-19-36(10-11-36)22-39(26)34(28)41)17-30(23)43-12-4-3-5-13-44-32-15-24-6-7-25-18-35(8-9-35)21-38(25)33(40)27(24)16-31(32)42-2/h14-17,20,25-26H,3-13,18-19,21-22H2,1-2H3/t25-,26+/m1/s1. The number of benzene rings is 2. The molecule has 0 aromatic heterocycles. The lowest BCUT2D eigenvalue weighted by atomic mass is 9.97. The fourth-order valence-corrected chi connectivity index (χ4v) is 8.13. The van der Waals surface area contributed by atoms with Crippen LogP contribution in [0.5, 0.6) is 17.2 Å². The minimum absolute atomic E-state index is 0.102. The molecule has 0 unspecified atom stereocenters. The number of fused-ring (bicyclic) bond motifs is 4. The minimum Gasteiger partial charge on any atom is -0.493 e. The second-order valence-corrected chi connectivity index (χ2v) is 14.4. The number of amides is 2. The summed E-state index contributed by atoms with van der Waals surface area (Å²) >= 11 is 0. The van der Waals surface area contributed by atoms with Gasteiger partial charge in [-0.3, -0.25) is 14.6 Å². The average Bonchev–Trinajstić information content (AvgIpc) is 3.90. The third kappa shape index (κ3) is 4.94. The van der Waals surface area contributed by atoms with Gasteiger partial charge >= 0.3 is 0 Å². The molecular weight excluding hydrogens is 554 g/mol. The molecule has 4 heterocycles. The molecule has 0 bridgehead atoms. The van der Waals surface area contributed by atoms with Gasteiger partial charge in [-0.25, -0.2) is 0 Å². The van der Waals surface area contributed by atoms with E-state index in [0.717, 1.165) is 86.2 Å². The first-order chi connectivity index (χ1) is 21.4. The van der Waals surface area contributed by atoms with Crippen molar-refractivity contribution in [2.24, 2.45) is 15.8 Å². The molecule has 8 nitrogen and oxygen atoms in total. The first kappa shape index (κ1) is 28.0. The first-order valence-corrected chi connectivity index (χ1v) is 16.6. The Labute approximate surface area is 259 Å². The number of unbranched alkanes of at least 4 members (excludes halogenated alkanes) is 2. The van der Waals surface area contributed by atoms with Crippen molar-refractivity contribution < 1.29 is 23.8 Å². The summed E-state index contributed by atoms with van der Waals surface area (Å²) in [6.45, 7) is 4.96. The predicted molar refractivity (Wildman–Crippen MR) is 168 cm³/mol. The summed E-state index contributed by atoms with van der Waals surface area (Å²) in [5.41, 5.74) is 5.00. The van der Waals surface area contributed by atoms with Crippen molar-refractivity contribution in [1.29, 1.82) is 0 Å². The van der Waals surface area contributed by atoms with E-state index in [-0.39, 0.29) is 17.9 Å². The van der Waals surface area contributed by atoms with Gasteiger partial charge in [-0.05, 0) is 118 Å². The Balaban J connectivity index is 0.831. The van der Waals surface area contributed by atoms with Crippen molar-refractivity contribution in [3.63, 3.8) is 0 Å². The van der Waals surface area contributed by atoms with Gasteiger partial charge < -0.3 is 24.0 Å². The van der Waals surface area contributed by atoms with Crippen LogP contribution in [0.3, 0.4) is 0 Å². The van der Waals surface area contributed by atoms with E-state index in [1.165, 1.54) is 25.7 Å². The van der Waals surface area contributed by atoms with Crippen LogP contribution < -0.4 is 14.2 Å². The third-order valence-electron chi connectivity index (χ3n) is 11.2. The van der Waals surface area contributed by atoms with Crippen molar-refractivity contribution >= 4 is 23.7 Å². The van der Waals surface area contributed by atoms with E-state index in [2.05, 4.69) is 4.90 Å². The Morgan fingerprint density at radius 3 is 2.27 bits per heavy atom. The summed E-state index contributed by atoms with van der Waals surface area (Å²) in [6.07, 6.45) is 13.9. The largest absolute Gasteiger partial charge is 0.493 e. The van der Waals surface area contributed by atoms with Crippen molar-refractivity contribution in [3.05, 3.63) is 46.5 Å². The van der Waals surface area contributed by atoms with E-state index in [9.17, 15) is 9.59 Å². The smallest absolute Gasteiger partial charge is 0.256 e. The minimum atomic E-state index is 0.102. The molecule has 44 heavy (non-hydrogen) atoms. The maximum absolute atomic E-state index is 13.5. The molecule has 2 amide bonds. The molecule has 4 fully saturated rings. The summed E-state index contributed by atoms with van der Waals surface area (Å²) in [4.78, 5) is 35.7. The number of aryl methyl sites for hydroxylation is 2.